The molecule has 0 aliphatic rings. The maximum Gasteiger partial charge on any atom is 0.472 e. The standard InChI is InChI=1S/C66H128O17P2/c1-6-9-12-15-18-21-23-24-25-26-27-28-29-31-36-42-47-52-66(71)83-62(56-77-64(69)50-45-40-37-32-33-38-43-48-59(4)5)58-81-85(74,75)79-54-60(67)53-78-84(72,73)80-57-61(55-76-63(68)49-44-39-34-20-17-14-11-8-3)82-65(70)51-46-41-35-30-22-19-16-13-10-7-2/h59-62,67H,6-58H2,1-5H3,(H,72,73)(H,74,75)/t60-,61+,62+/m0/s1. The number of hydrogen-bond donors (Lipinski definition) is 3. The summed E-state index contributed by atoms with van der Waals surface area (Å²) < 4.78 is 68.0. The SMILES string of the molecule is CCCCCCCCCCCCCCCCCCCC(=O)O[C@H](COC(=O)CCCCCCCCCC(C)C)COP(=O)(O)OC[C@@H](O)COP(=O)(O)OC[C@@H](COC(=O)CCCCCCCCCC)OC(=O)CCCCCCCCCCCC. The van der Waals surface area contributed by atoms with Crippen LogP contribution in [0.2, 0.25) is 0 Å². The Hall–Kier alpha value is -1.94. The number of carbonyl (C=O) groups excluding carboxylic acids is 4. The first-order valence-corrected chi connectivity index (χ1v) is 37.6. The summed E-state index contributed by atoms with van der Waals surface area (Å²) in [5.41, 5.74) is 0. The van der Waals surface area contributed by atoms with E-state index in [2.05, 4.69) is 34.6 Å². The van der Waals surface area contributed by atoms with Crippen molar-refractivity contribution >= 4 is 39.5 Å². The number of rotatable bonds is 66. The van der Waals surface area contributed by atoms with Gasteiger partial charge in [0.25, 0.3) is 0 Å². The summed E-state index contributed by atoms with van der Waals surface area (Å²) in [6, 6.07) is 0. The second kappa shape index (κ2) is 59.7. The van der Waals surface area contributed by atoms with Crippen LogP contribution in [0.3, 0.4) is 0 Å². The molecule has 0 aromatic carbocycles. The van der Waals surface area contributed by atoms with Crippen LogP contribution in [-0.2, 0) is 65.4 Å². The van der Waals surface area contributed by atoms with E-state index in [9.17, 15) is 43.2 Å². The van der Waals surface area contributed by atoms with E-state index in [4.69, 9.17) is 37.0 Å². The Morgan fingerprint density at radius 2 is 0.541 bits per heavy atom. The first kappa shape index (κ1) is 83.1. The fraction of sp³-hybridized carbons (Fsp3) is 0.939. The highest BCUT2D eigenvalue weighted by Gasteiger charge is 2.30. The lowest BCUT2D eigenvalue weighted by Crippen LogP contribution is -2.30. The van der Waals surface area contributed by atoms with E-state index in [0.717, 1.165) is 103 Å². The predicted molar refractivity (Wildman–Crippen MR) is 340 cm³/mol. The minimum atomic E-state index is -4.95. The summed E-state index contributed by atoms with van der Waals surface area (Å²) in [5.74, 6) is -1.43. The number of aliphatic hydroxyl groups is 1. The van der Waals surface area contributed by atoms with Crippen molar-refractivity contribution in [2.45, 2.75) is 355 Å². The molecule has 0 bridgehead atoms. The monoisotopic (exact) mass is 1250 g/mol. The second-order valence-corrected chi connectivity index (χ2v) is 27.2. The third-order valence-electron chi connectivity index (χ3n) is 15.3. The Morgan fingerprint density at radius 3 is 0.800 bits per heavy atom. The highest BCUT2D eigenvalue weighted by atomic mass is 31.2. The van der Waals surface area contributed by atoms with Gasteiger partial charge in [0.15, 0.2) is 12.2 Å². The molecule has 2 unspecified atom stereocenters. The highest BCUT2D eigenvalue weighted by molar-refractivity contribution is 7.47. The van der Waals surface area contributed by atoms with Crippen molar-refractivity contribution < 1.29 is 80.2 Å². The Labute approximate surface area is 517 Å². The molecular weight excluding hydrogens is 1130 g/mol. The maximum absolute atomic E-state index is 13.0. The highest BCUT2D eigenvalue weighted by Crippen LogP contribution is 2.45. The molecule has 85 heavy (non-hydrogen) atoms. The first-order chi connectivity index (χ1) is 41.0. The van der Waals surface area contributed by atoms with Crippen LogP contribution in [-0.4, -0.2) is 96.7 Å². The van der Waals surface area contributed by atoms with Gasteiger partial charge >= 0.3 is 39.5 Å². The Morgan fingerprint density at radius 1 is 0.318 bits per heavy atom. The van der Waals surface area contributed by atoms with Gasteiger partial charge in [0.1, 0.15) is 19.3 Å². The van der Waals surface area contributed by atoms with Crippen molar-refractivity contribution in [1.29, 1.82) is 0 Å². The van der Waals surface area contributed by atoms with Crippen molar-refractivity contribution in [3.63, 3.8) is 0 Å². The maximum atomic E-state index is 13.0. The fourth-order valence-corrected chi connectivity index (χ4v) is 11.5. The number of esters is 4. The molecule has 0 fully saturated rings. The van der Waals surface area contributed by atoms with E-state index in [1.165, 1.54) is 148 Å². The van der Waals surface area contributed by atoms with Gasteiger partial charge in [-0.25, -0.2) is 9.13 Å². The molecule has 5 atom stereocenters. The average molecular weight is 1260 g/mol. The molecular formula is C66H128O17P2. The number of unbranched alkanes of at least 4 members (excludes halogenated alkanes) is 38. The van der Waals surface area contributed by atoms with Crippen molar-refractivity contribution in [2.75, 3.05) is 39.6 Å². The van der Waals surface area contributed by atoms with E-state index in [1.54, 1.807) is 0 Å². The summed E-state index contributed by atoms with van der Waals surface area (Å²) in [7, 11) is -9.88. The summed E-state index contributed by atoms with van der Waals surface area (Å²) in [6.45, 7) is 7.13. The fourth-order valence-electron chi connectivity index (χ4n) is 9.94. The van der Waals surface area contributed by atoms with Gasteiger partial charge in [-0.2, -0.15) is 0 Å². The lowest BCUT2D eigenvalue weighted by molar-refractivity contribution is -0.161. The molecule has 504 valence electrons. The minimum absolute atomic E-state index is 0.106. The van der Waals surface area contributed by atoms with E-state index in [0.29, 0.717) is 31.6 Å². The van der Waals surface area contributed by atoms with Gasteiger partial charge in [-0.3, -0.25) is 37.3 Å². The third kappa shape index (κ3) is 60.7. The molecule has 0 aromatic rings. The Bertz CT molecular complexity index is 1650. The quantitative estimate of drug-likeness (QED) is 0.0222. The molecule has 0 radical (unpaired) electrons. The van der Waals surface area contributed by atoms with Gasteiger partial charge in [0.2, 0.25) is 0 Å². The molecule has 17 nitrogen and oxygen atoms in total. The third-order valence-corrected chi connectivity index (χ3v) is 17.2. The summed E-state index contributed by atoms with van der Waals surface area (Å²) in [6.07, 6.45) is 44.6. The largest absolute Gasteiger partial charge is 0.472 e. The van der Waals surface area contributed by atoms with Crippen LogP contribution in [0.25, 0.3) is 0 Å². The molecule has 0 aromatic heterocycles. The van der Waals surface area contributed by atoms with Gasteiger partial charge in [-0.15, -0.1) is 0 Å². The molecule has 0 amide bonds. The number of aliphatic hydroxyl groups excluding tert-OH is 1. The molecule has 19 heteroatoms. The number of carbonyl (C=O) groups is 4. The van der Waals surface area contributed by atoms with E-state index in [1.807, 2.05) is 0 Å². The van der Waals surface area contributed by atoms with E-state index in [-0.39, 0.29) is 25.7 Å². The number of ether oxygens (including phenoxy) is 4. The zero-order valence-corrected chi connectivity index (χ0v) is 56.5. The van der Waals surface area contributed by atoms with Crippen LogP contribution < -0.4 is 0 Å². The van der Waals surface area contributed by atoms with Crippen LogP contribution >= 0.6 is 15.6 Å². The molecule has 0 saturated heterocycles. The molecule has 0 aliphatic carbocycles. The number of phosphoric ester groups is 2. The van der Waals surface area contributed by atoms with Crippen molar-refractivity contribution in [3.05, 3.63) is 0 Å². The second-order valence-electron chi connectivity index (χ2n) is 24.3. The normalized spacial score (nSPS) is 14.2. The van der Waals surface area contributed by atoms with E-state index < -0.39 is 97.5 Å². The van der Waals surface area contributed by atoms with Crippen LogP contribution in [0.15, 0.2) is 0 Å². The van der Waals surface area contributed by atoms with Crippen LogP contribution in [0, 0.1) is 5.92 Å². The molecule has 0 spiro atoms. The van der Waals surface area contributed by atoms with Crippen LogP contribution in [0.5, 0.6) is 0 Å². The summed E-state index contributed by atoms with van der Waals surface area (Å²) in [5, 5.41) is 10.5. The number of phosphoric acid groups is 2. The molecule has 0 heterocycles. The van der Waals surface area contributed by atoms with Gasteiger partial charge in [0, 0.05) is 25.7 Å². The lowest BCUT2D eigenvalue weighted by atomic mass is 10.0. The van der Waals surface area contributed by atoms with Crippen LogP contribution in [0.4, 0.5) is 0 Å². The van der Waals surface area contributed by atoms with Gasteiger partial charge in [0.05, 0.1) is 26.4 Å². The molecule has 3 N–H and O–H groups in total. The topological polar surface area (TPSA) is 237 Å². The molecule has 0 aliphatic heterocycles. The minimum Gasteiger partial charge on any atom is -0.462 e. The summed E-state index contributed by atoms with van der Waals surface area (Å²) in [4.78, 5) is 72.2. The lowest BCUT2D eigenvalue weighted by Gasteiger charge is -2.21. The molecule has 0 rings (SSSR count). The van der Waals surface area contributed by atoms with Crippen molar-refractivity contribution in [1.82, 2.24) is 0 Å². The summed E-state index contributed by atoms with van der Waals surface area (Å²) >= 11 is 0. The predicted octanol–water partition coefficient (Wildman–Crippen LogP) is 18.6. The smallest absolute Gasteiger partial charge is 0.462 e. The Kier molecular flexibility index (Phi) is 58.3. The zero-order chi connectivity index (χ0) is 62.8. The number of hydrogen-bond acceptors (Lipinski definition) is 15. The van der Waals surface area contributed by atoms with Crippen LogP contribution in [0.1, 0.15) is 336 Å². The van der Waals surface area contributed by atoms with Crippen molar-refractivity contribution in [2.24, 2.45) is 5.92 Å². The molecule has 0 saturated carbocycles. The van der Waals surface area contributed by atoms with Gasteiger partial charge in [-0.05, 0) is 31.6 Å². The zero-order valence-electron chi connectivity index (χ0n) is 54.7. The Balaban J connectivity index is 5.19. The van der Waals surface area contributed by atoms with Gasteiger partial charge < -0.3 is 33.8 Å². The van der Waals surface area contributed by atoms with Crippen molar-refractivity contribution in [3.8, 4) is 0 Å². The van der Waals surface area contributed by atoms with Gasteiger partial charge in [-0.1, -0.05) is 285 Å². The van der Waals surface area contributed by atoms with E-state index >= 15 is 0 Å². The average Bonchev–Trinajstić information content (AvgIpc) is 3.61. The first-order valence-electron chi connectivity index (χ1n) is 34.6.